The van der Waals surface area contributed by atoms with Crippen LogP contribution in [0.2, 0.25) is 0 Å². The Balaban J connectivity index is 2.65. The van der Waals surface area contributed by atoms with Gasteiger partial charge in [0, 0.05) is 11.5 Å². The second-order valence-corrected chi connectivity index (χ2v) is 5.33. The zero-order chi connectivity index (χ0) is 12.9. The van der Waals surface area contributed by atoms with Crippen LogP contribution in [0.3, 0.4) is 0 Å². The number of rotatable bonds is 5. The lowest BCUT2D eigenvalue weighted by atomic mass is 9.84. The van der Waals surface area contributed by atoms with Crippen molar-refractivity contribution in [2.75, 3.05) is 0 Å². The van der Waals surface area contributed by atoms with Crippen LogP contribution in [0.4, 0.5) is 0 Å². The molecule has 0 spiro atoms. The Morgan fingerprint density at radius 1 is 1.29 bits per heavy atom. The first-order valence-corrected chi connectivity index (χ1v) is 6.30. The third-order valence-corrected chi connectivity index (χ3v) is 3.09. The number of benzene rings is 1. The van der Waals surface area contributed by atoms with Gasteiger partial charge < -0.3 is 5.32 Å². The second-order valence-electron chi connectivity index (χ2n) is 5.33. The predicted octanol–water partition coefficient (Wildman–Crippen LogP) is 3.17. The first kappa shape index (κ1) is 13.8. The molecule has 0 aliphatic carbocycles. The number of carbonyl (C=O) groups is 1. The fourth-order valence-electron chi connectivity index (χ4n) is 1.71. The van der Waals surface area contributed by atoms with Gasteiger partial charge in [-0.3, -0.25) is 4.79 Å². The van der Waals surface area contributed by atoms with Crippen molar-refractivity contribution < 1.29 is 4.79 Å². The molecule has 1 aromatic carbocycles. The smallest absolute Gasteiger partial charge is 0.226 e. The summed E-state index contributed by atoms with van der Waals surface area (Å²) in [6.07, 6.45) is 1.74. The van der Waals surface area contributed by atoms with Gasteiger partial charge in [0.2, 0.25) is 5.91 Å². The molecule has 17 heavy (non-hydrogen) atoms. The highest BCUT2D eigenvalue weighted by molar-refractivity contribution is 5.82. The molecule has 1 aromatic rings. The highest BCUT2D eigenvalue weighted by atomic mass is 16.2. The fourth-order valence-corrected chi connectivity index (χ4v) is 1.71. The Kier molecular flexibility index (Phi) is 4.73. The third-order valence-electron chi connectivity index (χ3n) is 3.09. The molecule has 1 amide bonds. The molecule has 1 unspecified atom stereocenters. The Bertz CT molecular complexity index is 356. The minimum absolute atomic E-state index is 0.135. The van der Waals surface area contributed by atoms with E-state index in [-0.39, 0.29) is 17.4 Å². The van der Waals surface area contributed by atoms with E-state index in [1.54, 1.807) is 0 Å². The first-order valence-electron chi connectivity index (χ1n) is 6.30. The Hall–Kier alpha value is -1.31. The summed E-state index contributed by atoms with van der Waals surface area (Å²) in [6, 6.07) is 10.4. The average Bonchev–Trinajstić information content (AvgIpc) is 2.29. The molecule has 1 N–H and O–H groups in total. The van der Waals surface area contributed by atoms with Crippen molar-refractivity contribution in [3.63, 3.8) is 0 Å². The van der Waals surface area contributed by atoms with Crippen LogP contribution in [-0.2, 0) is 11.2 Å². The van der Waals surface area contributed by atoms with Gasteiger partial charge in [-0.2, -0.15) is 0 Å². The molecule has 94 valence electrons. The summed E-state index contributed by atoms with van der Waals surface area (Å²) in [4.78, 5) is 12.1. The Morgan fingerprint density at radius 3 is 2.41 bits per heavy atom. The van der Waals surface area contributed by atoms with Crippen LogP contribution in [0.5, 0.6) is 0 Å². The Labute approximate surface area is 104 Å². The molecule has 0 aliphatic rings. The standard InChI is InChI=1S/C15H23NO/c1-5-12(2)16-14(17)15(3,4)11-13-9-7-6-8-10-13/h6-10,12H,5,11H2,1-4H3,(H,16,17). The van der Waals surface area contributed by atoms with E-state index in [1.165, 1.54) is 5.56 Å². The van der Waals surface area contributed by atoms with Crippen LogP contribution >= 0.6 is 0 Å². The topological polar surface area (TPSA) is 29.1 Å². The van der Waals surface area contributed by atoms with Crippen LogP contribution < -0.4 is 5.32 Å². The third kappa shape index (κ3) is 4.22. The summed E-state index contributed by atoms with van der Waals surface area (Å²) in [5.74, 6) is 0.135. The summed E-state index contributed by atoms with van der Waals surface area (Å²) >= 11 is 0. The van der Waals surface area contributed by atoms with Crippen LogP contribution in [0.15, 0.2) is 30.3 Å². The minimum Gasteiger partial charge on any atom is -0.353 e. The van der Waals surface area contributed by atoms with Gasteiger partial charge in [-0.25, -0.2) is 0 Å². The van der Waals surface area contributed by atoms with E-state index < -0.39 is 0 Å². The molecule has 0 saturated carbocycles. The molecule has 1 rings (SSSR count). The van der Waals surface area contributed by atoms with E-state index in [9.17, 15) is 4.79 Å². The summed E-state index contributed by atoms with van der Waals surface area (Å²) in [5.41, 5.74) is 0.849. The number of hydrogen-bond donors (Lipinski definition) is 1. The lowest BCUT2D eigenvalue weighted by molar-refractivity contribution is -0.130. The maximum Gasteiger partial charge on any atom is 0.226 e. The van der Waals surface area contributed by atoms with E-state index in [1.807, 2.05) is 39.0 Å². The normalized spacial score (nSPS) is 13.2. The minimum atomic E-state index is -0.356. The van der Waals surface area contributed by atoms with Gasteiger partial charge in [-0.1, -0.05) is 51.1 Å². The molecule has 0 fully saturated rings. The summed E-state index contributed by atoms with van der Waals surface area (Å²) in [7, 11) is 0. The maximum atomic E-state index is 12.1. The van der Waals surface area contributed by atoms with Gasteiger partial charge in [0.15, 0.2) is 0 Å². The summed E-state index contributed by atoms with van der Waals surface area (Å²) in [5, 5.41) is 3.05. The zero-order valence-corrected chi connectivity index (χ0v) is 11.3. The van der Waals surface area contributed by atoms with Crippen molar-refractivity contribution in [1.29, 1.82) is 0 Å². The van der Waals surface area contributed by atoms with Crippen molar-refractivity contribution in [3.05, 3.63) is 35.9 Å². The van der Waals surface area contributed by atoms with E-state index in [4.69, 9.17) is 0 Å². The lowest BCUT2D eigenvalue weighted by Crippen LogP contribution is -2.42. The molecule has 0 aromatic heterocycles. The van der Waals surface area contributed by atoms with Gasteiger partial charge in [-0.05, 0) is 25.3 Å². The molecule has 0 aliphatic heterocycles. The Morgan fingerprint density at radius 2 is 1.88 bits per heavy atom. The molecular formula is C15H23NO. The molecular weight excluding hydrogens is 210 g/mol. The van der Waals surface area contributed by atoms with Crippen LogP contribution in [-0.4, -0.2) is 11.9 Å². The van der Waals surface area contributed by atoms with Gasteiger partial charge in [0.1, 0.15) is 0 Å². The predicted molar refractivity (Wildman–Crippen MR) is 71.8 cm³/mol. The maximum absolute atomic E-state index is 12.1. The largest absolute Gasteiger partial charge is 0.353 e. The first-order chi connectivity index (χ1) is 7.95. The van der Waals surface area contributed by atoms with E-state index >= 15 is 0 Å². The SMILES string of the molecule is CCC(C)NC(=O)C(C)(C)Cc1ccccc1. The number of hydrogen-bond acceptors (Lipinski definition) is 1. The van der Waals surface area contributed by atoms with Crippen molar-refractivity contribution in [1.82, 2.24) is 5.32 Å². The van der Waals surface area contributed by atoms with Gasteiger partial charge in [-0.15, -0.1) is 0 Å². The van der Waals surface area contributed by atoms with Crippen molar-refractivity contribution in [2.24, 2.45) is 5.41 Å². The van der Waals surface area contributed by atoms with Gasteiger partial charge in [0.05, 0.1) is 0 Å². The molecule has 2 nitrogen and oxygen atoms in total. The average molecular weight is 233 g/mol. The monoisotopic (exact) mass is 233 g/mol. The van der Waals surface area contributed by atoms with E-state index in [2.05, 4.69) is 24.4 Å². The van der Waals surface area contributed by atoms with Gasteiger partial charge in [0.25, 0.3) is 0 Å². The summed E-state index contributed by atoms with van der Waals surface area (Å²) in [6.45, 7) is 8.11. The molecule has 0 bridgehead atoms. The van der Waals surface area contributed by atoms with E-state index in [0.717, 1.165) is 12.8 Å². The number of nitrogens with one attached hydrogen (secondary N) is 1. The quantitative estimate of drug-likeness (QED) is 0.831. The van der Waals surface area contributed by atoms with Crippen molar-refractivity contribution in [2.45, 2.75) is 46.6 Å². The van der Waals surface area contributed by atoms with Crippen LogP contribution in [0.25, 0.3) is 0 Å². The second kappa shape index (κ2) is 5.85. The molecule has 1 atom stereocenters. The molecule has 0 heterocycles. The molecule has 0 saturated heterocycles. The lowest BCUT2D eigenvalue weighted by Gasteiger charge is -2.25. The number of amides is 1. The highest BCUT2D eigenvalue weighted by Gasteiger charge is 2.28. The van der Waals surface area contributed by atoms with Crippen LogP contribution in [0, 0.1) is 5.41 Å². The van der Waals surface area contributed by atoms with Crippen LogP contribution in [0.1, 0.15) is 39.7 Å². The van der Waals surface area contributed by atoms with E-state index in [0.29, 0.717) is 0 Å². The van der Waals surface area contributed by atoms with Crippen molar-refractivity contribution in [3.8, 4) is 0 Å². The molecule has 0 radical (unpaired) electrons. The summed E-state index contributed by atoms with van der Waals surface area (Å²) < 4.78 is 0. The molecule has 2 heteroatoms. The zero-order valence-electron chi connectivity index (χ0n) is 11.3. The number of carbonyl (C=O) groups excluding carboxylic acids is 1. The van der Waals surface area contributed by atoms with Crippen molar-refractivity contribution >= 4 is 5.91 Å². The fraction of sp³-hybridized carbons (Fsp3) is 0.533. The highest BCUT2D eigenvalue weighted by Crippen LogP contribution is 2.22. The van der Waals surface area contributed by atoms with Gasteiger partial charge >= 0.3 is 0 Å².